The van der Waals surface area contributed by atoms with E-state index in [1.54, 1.807) is 73.5 Å². The molecule has 5 rings (SSSR count). The van der Waals surface area contributed by atoms with E-state index in [1.807, 2.05) is 6.07 Å². The van der Waals surface area contributed by atoms with Gasteiger partial charge in [0.05, 0.1) is 35.4 Å². The van der Waals surface area contributed by atoms with Gasteiger partial charge in [-0.3, -0.25) is 19.1 Å². The number of amides is 3. The first kappa shape index (κ1) is 32.3. The van der Waals surface area contributed by atoms with E-state index in [2.05, 4.69) is 37.9 Å². The summed E-state index contributed by atoms with van der Waals surface area (Å²) in [6.07, 6.45) is 6.13. The quantitative estimate of drug-likeness (QED) is 0.162. The Kier molecular flexibility index (Phi) is 9.51. The van der Waals surface area contributed by atoms with Crippen molar-refractivity contribution in [3.8, 4) is 23.0 Å². The summed E-state index contributed by atoms with van der Waals surface area (Å²) in [5.74, 6) is 2.82. The number of carbonyl (C=O) groups is 3. The molecule has 1 aliphatic carbocycles. The van der Waals surface area contributed by atoms with E-state index in [-0.39, 0.29) is 25.5 Å². The predicted molar refractivity (Wildman–Crippen MR) is 170 cm³/mol. The molecule has 12 heteroatoms. The molecular weight excluding hydrogens is 611 g/mol. The molecule has 2 aromatic carbocycles. The molecule has 46 heavy (non-hydrogen) atoms. The van der Waals surface area contributed by atoms with Crippen molar-refractivity contribution in [3.05, 3.63) is 106 Å². The Morgan fingerprint density at radius 2 is 1.83 bits per heavy atom. The summed E-state index contributed by atoms with van der Waals surface area (Å²) in [6.45, 7) is 3.47. The number of rotatable bonds is 9. The van der Waals surface area contributed by atoms with Gasteiger partial charge in [0.1, 0.15) is 11.5 Å². The number of aromatic nitrogens is 3. The Labute approximate surface area is 270 Å². The van der Waals surface area contributed by atoms with Crippen molar-refractivity contribution in [2.75, 3.05) is 6.54 Å². The first-order valence-corrected chi connectivity index (χ1v) is 14.9. The lowest BCUT2D eigenvalue weighted by Gasteiger charge is -2.20. The Balaban J connectivity index is 1.22. The molecule has 4 aromatic rings. The van der Waals surface area contributed by atoms with Crippen molar-refractivity contribution in [1.29, 1.82) is 0 Å². The second kappa shape index (κ2) is 13.5. The normalized spacial score (nSPS) is 13.2. The van der Waals surface area contributed by atoms with Gasteiger partial charge in [0.25, 0.3) is 5.91 Å². The van der Waals surface area contributed by atoms with Crippen LogP contribution in [0.1, 0.15) is 53.9 Å². The average Bonchev–Trinajstić information content (AvgIpc) is 3.66. The van der Waals surface area contributed by atoms with Crippen LogP contribution in [-0.4, -0.2) is 49.7 Å². The number of nitrogens with zero attached hydrogens (tertiary/aromatic N) is 3. The van der Waals surface area contributed by atoms with Gasteiger partial charge in [0.2, 0.25) is 0 Å². The Morgan fingerprint density at radius 3 is 2.57 bits per heavy atom. The van der Waals surface area contributed by atoms with Gasteiger partial charge in [0, 0.05) is 30.1 Å². The Morgan fingerprint density at radius 1 is 1.07 bits per heavy atom. The van der Waals surface area contributed by atoms with Gasteiger partial charge in [-0.25, -0.2) is 9.37 Å². The van der Waals surface area contributed by atoms with Gasteiger partial charge in [-0.05, 0) is 85.7 Å². The maximum absolute atomic E-state index is 14.8. The molecule has 0 bridgehead atoms. The third-order valence-corrected chi connectivity index (χ3v) is 7.58. The molecule has 3 amide bonds. The minimum atomic E-state index is -0.962. The summed E-state index contributed by atoms with van der Waals surface area (Å²) in [7, 11) is 0. The highest BCUT2D eigenvalue weighted by molar-refractivity contribution is 6.35. The third-order valence-electron chi connectivity index (χ3n) is 7.28. The van der Waals surface area contributed by atoms with Crippen molar-refractivity contribution in [2.45, 2.75) is 50.9 Å². The molecule has 0 aliphatic heterocycles. The standard InChI is InChI=1S/C34H32ClFN6O4/c1-33(2,46)21-42-20-24(19-40-42)23-15-25(17-26(36)16-23)34(11-12-34)41-30(43)27-8-4-3-7-22(27)18-39-32(45)31(44)38-14-6-10-29-28(35)9-5-13-37-29/h3-5,7-9,13,15-17,19-20,46H,11-12,14,18,21H2,1-2H3,(H,38,44)(H,39,45)(H,41,43). The van der Waals surface area contributed by atoms with E-state index >= 15 is 0 Å². The molecular formula is C34H32ClFN6O4. The monoisotopic (exact) mass is 642 g/mol. The molecule has 0 saturated heterocycles. The smallest absolute Gasteiger partial charge is 0.310 e. The molecule has 0 radical (unpaired) electrons. The zero-order valence-electron chi connectivity index (χ0n) is 25.2. The van der Waals surface area contributed by atoms with Crippen LogP contribution in [0.5, 0.6) is 0 Å². The van der Waals surface area contributed by atoms with Crippen LogP contribution in [0.25, 0.3) is 11.1 Å². The van der Waals surface area contributed by atoms with Crippen molar-refractivity contribution < 1.29 is 23.9 Å². The number of hydrogen-bond donors (Lipinski definition) is 4. The highest BCUT2D eigenvalue weighted by atomic mass is 35.5. The van der Waals surface area contributed by atoms with Crippen LogP contribution in [0.15, 0.2) is 73.2 Å². The van der Waals surface area contributed by atoms with Gasteiger partial charge in [-0.15, -0.1) is 0 Å². The van der Waals surface area contributed by atoms with Crippen LogP contribution < -0.4 is 16.0 Å². The van der Waals surface area contributed by atoms with Crippen LogP contribution in [-0.2, 0) is 28.2 Å². The Bertz CT molecular complexity index is 1850. The van der Waals surface area contributed by atoms with E-state index in [1.165, 1.54) is 12.1 Å². The topological polar surface area (TPSA) is 138 Å². The lowest BCUT2D eigenvalue weighted by molar-refractivity contribution is -0.139. The number of nitrogens with one attached hydrogen (secondary N) is 3. The minimum absolute atomic E-state index is 0.0726. The first-order valence-electron chi connectivity index (χ1n) is 14.5. The Hall–Kier alpha value is -5.05. The maximum atomic E-state index is 14.8. The number of hydrogen-bond acceptors (Lipinski definition) is 6. The summed E-state index contributed by atoms with van der Waals surface area (Å²) in [5, 5.41) is 22.8. The summed E-state index contributed by atoms with van der Waals surface area (Å²) < 4.78 is 16.4. The van der Waals surface area contributed by atoms with E-state index in [0.29, 0.717) is 51.4 Å². The number of halogens is 2. The lowest BCUT2D eigenvalue weighted by Crippen LogP contribution is -2.40. The van der Waals surface area contributed by atoms with Crippen molar-refractivity contribution in [2.24, 2.45) is 0 Å². The molecule has 2 aromatic heterocycles. The maximum Gasteiger partial charge on any atom is 0.310 e. The lowest BCUT2D eigenvalue weighted by atomic mass is 9.98. The number of pyridine rings is 1. The minimum Gasteiger partial charge on any atom is -0.389 e. The fraction of sp³-hybridized carbons (Fsp3) is 0.265. The van der Waals surface area contributed by atoms with Crippen LogP contribution in [0, 0.1) is 17.7 Å². The highest BCUT2D eigenvalue weighted by Gasteiger charge is 2.46. The van der Waals surface area contributed by atoms with Gasteiger partial charge < -0.3 is 21.1 Å². The molecule has 0 unspecified atom stereocenters. The molecule has 2 heterocycles. The molecule has 1 fully saturated rings. The van der Waals surface area contributed by atoms with E-state index in [9.17, 15) is 23.9 Å². The van der Waals surface area contributed by atoms with Crippen molar-refractivity contribution in [3.63, 3.8) is 0 Å². The summed E-state index contributed by atoms with van der Waals surface area (Å²) in [6, 6.07) is 14.7. The van der Waals surface area contributed by atoms with E-state index in [0.717, 1.165) is 0 Å². The molecule has 1 saturated carbocycles. The van der Waals surface area contributed by atoms with Gasteiger partial charge >= 0.3 is 11.8 Å². The molecule has 0 atom stereocenters. The van der Waals surface area contributed by atoms with E-state index < -0.39 is 28.8 Å². The van der Waals surface area contributed by atoms with Crippen LogP contribution in [0.3, 0.4) is 0 Å². The zero-order valence-corrected chi connectivity index (χ0v) is 26.0. The first-order chi connectivity index (χ1) is 21.9. The summed E-state index contributed by atoms with van der Waals surface area (Å²) in [4.78, 5) is 42.2. The average molecular weight is 643 g/mol. The summed E-state index contributed by atoms with van der Waals surface area (Å²) in [5.41, 5.74) is 1.37. The largest absolute Gasteiger partial charge is 0.389 e. The van der Waals surface area contributed by atoms with Crippen LogP contribution in [0.4, 0.5) is 4.39 Å². The number of aliphatic hydroxyl groups is 1. The molecule has 1 aliphatic rings. The molecule has 10 nitrogen and oxygen atoms in total. The fourth-order valence-electron chi connectivity index (χ4n) is 4.89. The van der Waals surface area contributed by atoms with Crippen LogP contribution >= 0.6 is 11.6 Å². The third kappa shape index (κ3) is 8.15. The van der Waals surface area contributed by atoms with E-state index in [4.69, 9.17) is 11.6 Å². The predicted octanol–water partition coefficient (Wildman–Crippen LogP) is 3.71. The number of benzene rings is 2. The van der Waals surface area contributed by atoms with Crippen molar-refractivity contribution >= 4 is 29.3 Å². The number of carbonyl (C=O) groups excluding carboxylic acids is 3. The molecule has 236 valence electrons. The molecule has 4 N–H and O–H groups in total. The summed E-state index contributed by atoms with van der Waals surface area (Å²) >= 11 is 6.00. The van der Waals surface area contributed by atoms with Crippen LogP contribution in [0.2, 0.25) is 5.02 Å². The van der Waals surface area contributed by atoms with Gasteiger partial charge in [-0.1, -0.05) is 35.7 Å². The van der Waals surface area contributed by atoms with Gasteiger partial charge in [-0.2, -0.15) is 5.10 Å². The SMILES string of the molecule is CC(C)(O)Cn1cc(-c2cc(F)cc(C3(NC(=O)c4ccccc4CNC(=O)C(=O)NCC#Cc4ncccc4Cl)CC3)c2)cn1. The molecule has 0 spiro atoms. The zero-order chi connectivity index (χ0) is 32.9. The highest BCUT2D eigenvalue weighted by Crippen LogP contribution is 2.47. The van der Waals surface area contributed by atoms with Crippen molar-refractivity contribution in [1.82, 2.24) is 30.7 Å². The second-order valence-electron chi connectivity index (χ2n) is 11.7. The second-order valence-corrected chi connectivity index (χ2v) is 12.1. The van der Waals surface area contributed by atoms with Gasteiger partial charge in [0.15, 0.2) is 0 Å². The fourth-order valence-corrected chi connectivity index (χ4v) is 5.05.